The van der Waals surface area contributed by atoms with E-state index < -0.39 is 11.9 Å². The van der Waals surface area contributed by atoms with Crippen molar-refractivity contribution in [3.8, 4) is 11.3 Å². The molecular weight excluding hydrogens is 347 g/mol. The molecule has 0 spiro atoms. The van der Waals surface area contributed by atoms with Gasteiger partial charge in [-0.2, -0.15) is 18.3 Å². The third-order valence-corrected chi connectivity index (χ3v) is 4.29. The van der Waals surface area contributed by atoms with Crippen molar-refractivity contribution in [3.63, 3.8) is 0 Å². The van der Waals surface area contributed by atoms with E-state index in [9.17, 15) is 13.2 Å². The van der Waals surface area contributed by atoms with Crippen LogP contribution in [0.2, 0.25) is 0 Å². The largest absolute Gasteiger partial charge is 0.433 e. The normalized spacial score (nSPS) is 16.3. The number of ether oxygens (including phenoxy) is 1. The van der Waals surface area contributed by atoms with Crippen molar-refractivity contribution in [2.75, 3.05) is 26.3 Å². The van der Waals surface area contributed by atoms with Gasteiger partial charge in [-0.3, -0.25) is 9.88 Å². The SMILES string of the molecule is FC(F)(F)c1cc(-c2cccnc2)nc2c(CN3CCOCC3)cnn12. The van der Waals surface area contributed by atoms with Crippen LogP contribution in [-0.4, -0.2) is 50.8 Å². The number of hydrogen-bond donors (Lipinski definition) is 0. The minimum atomic E-state index is -4.54. The summed E-state index contributed by atoms with van der Waals surface area (Å²) in [6.07, 6.45) is -0.0210. The summed E-state index contributed by atoms with van der Waals surface area (Å²) < 4.78 is 46.8. The van der Waals surface area contributed by atoms with E-state index in [4.69, 9.17) is 4.74 Å². The average molecular weight is 363 g/mol. The van der Waals surface area contributed by atoms with Crippen LogP contribution < -0.4 is 0 Å². The summed E-state index contributed by atoms with van der Waals surface area (Å²) in [6, 6.07) is 4.36. The summed E-state index contributed by atoms with van der Waals surface area (Å²) in [6.45, 7) is 3.16. The van der Waals surface area contributed by atoms with Crippen LogP contribution >= 0.6 is 0 Å². The zero-order valence-electron chi connectivity index (χ0n) is 13.8. The number of aromatic nitrogens is 4. The number of halogens is 3. The number of fused-ring (bicyclic) bond motifs is 1. The first kappa shape index (κ1) is 16.9. The molecule has 1 aliphatic heterocycles. The molecule has 1 saturated heterocycles. The molecule has 0 bridgehead atoms. The van der Waals surface area contributed by atoms with E-state index in [1.807, 2.05) is 0 Å². The highest BCUT2D eigenvalue weighted by atomic mass is 19.4. The molecule has 136 valence electrons. The highest BCUT2D eigenvalue weighted by Gasteiger charge is 2.35. The molecule has 0 amide bonds. The zero-order chi connectivity index (χ0) is 18.1. The number of rotatable bonds is 3. The summed E-state index contributed by atoms with van der Waals surface area (Å²) >= 11 is 0. The van der Waals surface area contributed by atoms with Gasteiger partial charge in [0.1, 0.15) is 0 Å². The molecule has 0 unspecified atom stereocenters. The quantitative estimate of drug-likeness (QED) is 0.716. The van der Waals surface area contributed by atoms with Crippen molar-refractivity contribution in [2.45, 2.75) is 12.7 Å². The summed E-state index contributed by atoms with van der Waals surface area (Å²) in [5.41, 5.74) is 0.767. The summed E-state index contributed by atoms with van der Waals surface area (Å²) in [5.74, 6) is 0. The van der Waals surface area contributed by atoms with Crippen LogP contribution in [0.5, 0.6) is 0 Å². The van der Waals surface area contributed by atoms with Gasteiger partial charge in [-0.05, 0) is 18.2 Å². The van der Waals surface area contributed by atoms with Crippen LogP contribution in [0.3, 0.4) is 0 Å². The van der Waals surface area contributed by atoms with Crippen molar-refractivity contribution in [1.29, 1.82) is 0 Å². The molecule has 4 rings (SSSR count). The second kappa shape index (κ2) is 6.65. The molecular formula is C17H16F3N5O. The second-order valence-electron chi connectivity index (χ2n) is 6.06. The van der Waals surface area contributed by atoms with Crippen LogP contribution in [0.4, 0.5) is 13.2 Å². The molecule has 0 atom stereocenters. The fourth-order valence-corrected chi connectivity index (χ4v) is 2.98. The molecule has 0 radical (unpaired) electrons. The van der Waals surface area contributed by atoms with Gasteiger partial charge >= 0.3 is 6.18 Å². The van der Waals surface area contributed by atoms with E-state index in [0.717, 1.165) is 23.7 Å². The van der Waals surface area contributed by atoms with Gasteiger partial charge in [0.25, 0.3) is 0 Å². The van der Waals surface area contributed by atoms with Crippen molar-refractivity contribution in [2.24, 2.45) is 0 Å². The minimum absolute atomic E-state index is 0.213. The van der Waals surface area contributed by atoms with E-state index in [-0.39, 0.29) is 11.3 Å². The summed E-state index contributed by atoms with van der Waals surface area (Å²) in [5, 5.41) is 3.95. The Morgan fingerprint density at radius 1 is 1.15 bits per heavy atom. The maximum absolute atomic E-state index is 13.6. The molecule has 3 aromatic heterocycles. The average Bonchev–Trinajstić information content (AvgIpc) is 3.04. The fraction of sp³-hybridized carbons (Fsp3) is 0.353. The molecule has 4 heterocycles. The first-order valence-electron chi connectivity index (χ1n) is 8.18. The molecule has 1 aliphatic rings. The number of pyridine rings is 1. The summed E-state index contributed by atoms with van der Waals surface area (Å²) in [7, 11) is 0. The van der Waals surface area contributed by atoms with E-state index in [0.29, 0.717) is 30.9 Å². The Morgan fingerprint density at radius 2 is 1.96 bits per heavy atom. The highest BCUT2D eigenvalue weighted by Crippen LogP contribution is 2.32. The molecule has 1 fully saturated rings. The Kier molecular flexibility index (Phi) is 4.33. The number of alkyl halides is 3. The van der Waals surface area contributed by atoms with Gasteiger partial charge in [0.05, 0.1) is 25.1 Å². The minimum Gasteiger partial charge on any atom is -0.379 e. The third-order valence-electron chi connectivity index (χ3n) is 4.29. The maximum Gasteiger partial charge on any atom is 0.433 e. The van der Waals surface area contributed by atoms with Crippen LogP contribution in [0, 0.1) is 0 Å². The van der Waals surface area contributed by atoms with E-state index in [1.165, 1.54) is 12.4 Å². The van der Waals surface area contributed by atoms with Crippen molar-refractivity contribution < 1.29 is 17.9 Å². The number of nitrogens with zero attached hydrogens (tertiary/aromatic N) is 5. The Morgan fingerprint density at radius 3 is 2.65 bits per heavy atom. The van der Waals surface area contributed by atoms with Crippen molar-refractivity contribution >= 4 is 5.65 Å². The standard InChI is InChI=1S/C17H16F3N5O/c18-17(19,20)15-8-14(12-2-1-3-21-9-12)23-16-13(10-22-25(15)16)11-24-4-6-26-7-5-24/h1-3,8-10H,4-7,11H2. The molecule has 6 nitrogen and oxygen atoms in total. The van der Waals surface area contributed by atoms with Gasteiger partial charge in [0.15, 0.2) is 11.3 Å². The van der Waals surface area contributed by atoms with E-state index in [1.54, 1.807) is 18.3 Å². The van der Waals surface area contributed by atoms with Gasteiger partial charge in [-0.1, -0.05) is 0 Å². The molecule has 3 aromatic rings. The Labute approximate surface area is 147 Å². The Hall–Kier alpha value is -2.52. The van der Waals surface area contributed by atoms with Crippen molar-refractivity contribution in [1.82, 2.24) is 24.5 Å². The first-order chi connectivity index (χ1) is 12.5. The predicted octanol–water partition coefficient (Wildman–Crippen LogP) is 2.64. The molecule has 9 heteroatoms. The lowest BCUT2D eigenvalue weighted by atomic mass is 10.1. The lowest BCUT2D eigenvalue weighted by molar-refractivity contribution is -0.142. The van der Waals surface area contributed by atoms with Gasteiger partial charge in [0.2, 0.25) is 0 Å². The van der Waals surface area contributed by atoms with Gasteiger partial charge in [-0.25, -0.2) is 9.50 Å². The lowest BCUT2D eigenvalue weighted by Crippen LogP contribution is -2.35. The Balaban J connectivity index is 1.82. The number of hydrogen-bond acceptors (Lipinski definition) is 5. The molecule has 0 aromatic carbocycles. The maximum atomic E-state index is 13.6. The molecule has 26 heavy (non-hydrogen) atoms. The van der Waals surface area contributed by atoms with E-state index >= 15 is 0 Å². The highest BCUT2D eigenvalue weighted by molar-refractivity contribution is 5.63. The van der Waals surface area contributed by atoms with Gasteiger partial charge in [-0.15, -0.1) is 0 Å². The molecule has 0 N–H and O–H groups in total. The van der Waals surface area contributed by atoms with E-state index in [2.05, 4.69) is 20.0 Å². The number of morpholine rings is 1. The first-order valence-corrected chi connectivity index (χ1v) is 8.18. The fourth-order valence-electron chi connectivity index (χ4n) is 2.98. The Bertz CT molecular complexity index is 904. The molecule has 0 saturated carbocycles. The van der Waals surface area contributed by atoms with Crippen LogP contribution in [-0.2, 0) is 17.5 Å². The lowest BCUT2D eigenvalue weighted by Gasteiger charge is -2.26. The summed E-state index contributed by atoms with van der Waals surface area (Å²) in [4.78, 5) is 10.5. The third kappa shape index (κ3) is 3.27. The van der Waals surface area contributed by atoms with Crippen molar-refractivity contribution in [3.05, 3.63) is 48.0 Å². The van der Waals surface area contributed by atoms with Crippen LogP contribution in [0.25, 0.3) is 16.9 Å². The van der Waals surface area contributed by atoms with Gasteiger partial charge in [0, 0.05) is 43.2 Å². The topological polar surface area (TPSA) is 55.5 Å². The monoisotopic (exact) mass is 363 g/mol. The predicted molar refractivity (Wildman–Crippen MR) is 87.3 cm³/mol. The molecule has 0 aliphatic carbocycles. The van der Waals surface area contributed by atoms with Gasteiger partial charge < -0.3 is 4.74 Å². The zero-order valence-corrected chi connectivity index (χ0v) is 13.8. The van der Waals surface area contributed by atoms with Crippen LogP contribution in [0.1, 0.15) is 11.3 Å². The smallest absolute Gasteiger partial charge is 0.379 e. The second-order valence-corrected chi connectivity index (χ2v) is 6.06. The van der Waals surface area contributed by atoms with Crippen LogP contribution in [0.15, 0.2) is 36.8 Å².